The van der Waals surface area contributed by atoms with Crippen molar-refractivity contribution in [2.24, 2.45) is 5.41 Å². The molecular weight excluding hydrogens is 555 g/mol. The average Bonchev–Trinajstić information content (AvgIpc) is 2.85. The van der Waals surface area contributed by atoms with Crippen LogP contribution in [0.4, 0.5) is 30.7 Å². The molecule has 0 aromatic heterocycles. The molecule has 0 heterocycles. The fraction of sp³-hybridized carbons (Fsp3) is 0.500. The first kappa shape index (κ1) is 32.4. The maximum Gasteiger partial charge on any atom is 0.416 e. The minimum Gasteiger partial charge on any atom is -0.507 e. The summed E-state index contributed by atoms with van der Waals surface area (Å²) in [5.74, 6) is -1.03. The predicted molar refractivity (Wildman–Crippen MR) is 140 cm³/mol. The third kappa shape index (κ3) is 7.42. The normalized spacial score (nSPS) is 17.5. The number of aromatic hydroxyl groups is 1. The highest BCUT2D eigenvalue weighted by atomic mass is 19.4. The van der Waals surface area contributed by atoms with E-state index in [1.807, 2.05) is 13.8 Å². The summed E-state index contributed by atoms with van der Waals surface area (Å²) in [5.41, 5.74) is -1.87. The molecule has 2 atom stereocenters. The highest BCUT2D eigenvalue weighted by molar-refractivity contribution is 5.75. The van der Waals surface area contributed by atoms with Gasteiger partial charge in [-0.05, 0) is 84.1 Å². The molecule has 0 aliphatic heterocycles. The zero-order chi connectivity index (χ0) is 31.1. The number of carbonyl (C=O) groups excluding carboxylic acids is 1. The number of aliphatic hydroxyl groups excluding tert-OH is 1. The Balaban J connectivity index is 2.05. The summed E-state index contributed by atoms with van der Waals surface area (Å²) >= 11 is 0. The van der Waals surface area contributed by atoms with Gasteiger partial charge < -0.3 is 15.1 Å². The molecule has 2 aromatic rings. The van der Waals surface area contributed by atoms with Gasteiger partial charge in [-0.25, -0.2) is 4.39 Å². The van der Waals surface area contributed by atoms with Crippen molar-refractivity contribution in [2.75, 3.05) is 6.54 Å². The number of nitrogens with zero attached hydrogens (tertiary/aromatic N) is 1. The van der Waals surface area contributed by atoms with Gasteiger partial charge in [-0.1, -0.05) is 27.7 Å². The molecule has 3 rings (SSSR count). The Morgan fingerprint density at radius 3 is 2.02 bits per heavy atom. The van der Waals surface area contributed by atoms with E-state index in [1.165, 1.54) is 6.92 Å². The lowest BCUT2D eigenvalue weighted by Crippen LogP contribution is -2.39. The van der Waals surface area contributed by atoms with Crippen LogP contribution in [0.1, 0.15) is 93.7 Å². The topological polar surface area (TPSA) is 60.8 Å². The number of allylic oxidation sites excluding steroid dienone is 1. The van der Waals surface area contributed by atoms with E-state index in [2.05, 4.69) is 0 Å². The fourth-order valence-electron chi connectivity index (χ4n) is 5.26. The van der Waals surface area contributed by atoms with E-state index < -0.39 is 47.0 Å². The number of carbonyl (C=O) groups is 1. The molecule has 11 heteroatoms. The molecular formula is C30H34F7NO3. The summed E-state index contributed by atoms with van der Waals surface area (Å²) in [6.07, 6.45) is -10.1. The highest BCUT2D eigenvalue weighted by Crippen LogP contribution is 2.46. The first-order valence-corrected chi connectivity index (χ1v) is 13.2. The Morgan fingerprint density at radius 2 is 1.54 bits per heavy atom. The molecule has 0 radical (unpaired) electrons. The molecule has 1 amide bonds. The van der Waals surface area contributed by atoms with Gasteiger partial charge in [-0.3, -0.25) is 4.79 Å². The first-order chi connectivity index (χ1) is 18.7. The van der Waals surface area contributed by atoms with Gasteiger partial charge in [0.05, 0.1) is 23.3 Å². The zero-order valence-electron chi connectivity index (χ0n) is 23.4. The van der Waals surface area contributed by atoms with Crippen molar-refractivity contribution in [1.82, 2.24) is 4.90 Å². The Hall–Kier alpha value is -3.08. The van der Waals surface area contributed by atoms with Crippen LogP contribution in [0.25, 0.3) is 5.57 Å². The van der Waals surface area contributed by atoms with Crippen LogP contribution in [0.3, 0.4) is 0 Å². The number of rotatable bonds is 8. The van der Waals surface area contributed by atoms with Gasteiger partial charge in [-0.2, -0.15) is 26.3 Å². The lowest BCUT2D eigenvalue weighted by Gasteiger charge is -2.37. The molecule has 1 aliphatic rings. The molecule has 0 spiro atoms. The van der Waals surface area contributed by atoms with Crippen LogP contribution in [-0.4, -0.2) is 34.1 Å². The Bertz CT molecular complexity index is 1280. The zero-order valence-corrected chi connectivity index (χ0v) is 23.4. The van der Waals surface area contributed by atoms with E-state index in [4.69, 9.17) is 0 Å². The number of aliphatic hydroxyl groups is 1. The number of amides is 1. The minimum atomic E-state index is -5.09. The van der Waals surface area contributed by atoms with Gasteiger partial charge >= 0.3 is 12.4 Å². The molecule has 0 saturated carbocycles. The summed E-state index contributed by atoms with van der Waals surface area (Å²) in [6, 6.07) is 2.23. The SMILES string of the molecule is CC(C)c1cc(C2=C(CN(C=O)C(C)C(O)c3cc(C(F)(F)F)cc(C(F)(F)F)c3)CC(C)(C)CC2)c(O)cc1F. The minimum absolute atomic E-state index is 0.0276. The lowest BCUT2D eigenvalue weighted by molar-refractivity contribution is -0.143. The molecule has 0 bridgehead atoms. The second-order valence-corrected chi connectivity index (χ2v) is 11.8. The van der Waals surface area contributed by atoms with Crippen LogP contribution in [0.5, 0.6) is 5.75 Å². The van der Waals surface area contributed by atoms with E-state index in [9.17, 15) is 45.7 Å². The third-order valence-corrected chi connectivity index (χ3v) is 7.67. The Kier molecular flexibility index (Phi) is 9.22. The van der Waals surface area contributed by atoms with Crippen molar-refractivity contribution < 1.29 is 45.7 Å². The van der Waals surface area contributed by atoms with Crippen molar-refractivity contribution in [2.45, 2.75) is 84.3 Å². The van der Waals surface area contributed by atoms with Crippen molar-refractivity contribution in [3.8, 4) is 5.75 Å². The molecule has 2 N–H and O–H groups in total. The summed E-state index contributed by atoms with van der Waals surface area (Å²) in [7, 11) is 0. The second-order valence-electron chi connectivity index (χ2n) is 11.8. The standard InChI is InChI=1S/C30H34F7NO3/c1-16(2)23-11-24(26(40)12-25(23)31)22-6-7-28(4,5)13-19(22)14-38(15-39)17(3)27(41)18-8-20(29(32,33)34)10-21(9-18)30(35,36)37/h8-12,15-17,27,40-41H,6-7,13-14H2,1-5H3. The van der Waals surface area contributed by atoms with E-state index in [0.29, 0.717) is 60.1 Å². The van der Waals surface area contributed by atoms with Crippen molar-refractivity contribution >= 4 is 12.0 Å². The number of halogens is 7. The molecule has 0 fully saturated rings. The molecule has 1 aliphatic carbocycles. The monoisotopic (exact) mass is 589 g/mol. The number of hydrogen-bond donors (Lipinski definition) is 2. The number of benzene rings is 2. The summed E-state index contributed by atoms with van der Waals surface area (Å²) < 4.78 is 94.8. The quantitative estimate of drug-likeness (QED) is 0.241. The van der Waals surface area contributed by atoms with Gasteiger partial charge in [0.25, 0.3) is 0 Å². The van der Waals surface area contributed by atoms with Gasteiger partial charge in [0.2, 0.25) is 6.41 Å². The maximum absolute atomic E-state index is 14.5. The molecule has 2 aromatic carbocycles. The van der Waals surface area contributed by atoms with E-state index >= 15 is 0 Å². The van der Waals surface area contributed by atoms with E-state index in [0.717, 1.165) is 11.0 Å². The highest BCUT2D eigenvalue weighted by Gasteiger charge is 2.38. The largest absolute Gasteiger partial charge is 0.507 e. The van der Waals surface area contributed by atoms with Crippen LogP contribution in [0.15, 0.2) is 35.9 Å². The fourth-order valence-corrected chi connectivity index (χ4v) is 5.26. The summed E-state index contributed by atoms with van der Waals surface area (Å²) in [4.78, 5) is 13.3. The molecule has 2 unspecified atom stereocenters. The van der Waals surface area contributed by atoms with Crippen LogP contribution < -0.4 is 0 Å². The second kappa shape index (κ2) is 11.7. The van der Waals surface area contributed by atoms with Gasteiger partial charge in [0, 0.05) is 18.2 Å². The first-order valence-electron chi connectivity index (χ1n) is 13.2. The van der Waals surface area contributed by atoms with Crippen LogP contribution in [0, 0.1) is 11.2 Å². The van der Waals surface area contributed by atoms with E-state index in [1.54, 1.807) is 19.9 Å². The molecule has 226 valence electrons. The third-order valence-electron chi connectivity index (χ3n) is 7.67. The summed E-state index contributed by atoms with van der Waals surface area (Å²) in [6.45, 7) is 8.81. The smallest absolute Gasteiger partial charge is 0.416 e. The number of phenols is 1. The van der Waals surface area contributed by atoms with Crippen molar-refractivity contribution in [1.29, 1.82) is 0 Å². The van der Waals surface area contributed by atoms with E-state index in [-0.39, 0.29) is 29.7 Å². The van der Waals surface area contributed by atoms with Crippen LogP contribution >= 0.6 is 0 Å². The molecule has 41 heavy (non-hydrogen) atoms. The number of alkyl halides is 6. The van der Waals surface area contributed by atoms with Crippen LogP contribution in [0.2, 0.25) is 0 Å². The average molecular weight is 590 g/mol. The maximum atomic E-state index is 14.5. The van der Waals surface area contributed by atoms with Crippen molar-refractivity contribution in [3.05, 3.63) is 69.5 Å². The Morgan fingerprint density at radius 1 is 0.976 bits per heavy atom. The number of hydrogen-bond acceptors (Lipinski definition) is 3. The Labute approximate surface area is 234 Å². The molecule has 0 saturated heterocycles. The lowest BCUT2D eigenvalue weighted by atomic mass is 9.72. The number of phenolic OH excluding ortho intramolecular Hbond substituents is 1. The van der Waals surface area contributed by atoms with Crippen molar-refractivity contribution in [3.63, 3.8) is 0 Å². The van der Waals surface area contributed by atoms with Crippen LogP contribution in [-0.2, 0) is 17.1 Å². The summed E-state index contributed by atoms with van der Waals surface area (Å²) in [5, 5.41) is 21.6. The molecule has 4 nitrogen and oxygen atoms in total. The van der Waals surface area contributed by atoms with Gasteiger partial charge in [0.15, 0.2) is 0 Å². The van der Waals surface area contributed by atoms with Gasteiger partial charge in [-0.15, -0.1) is 0 Å². The van der Waals surface area contributed by atoms with Gasteiger partial charge in [0.1, 0.15) is 11.6 Å². The predicted octanol–water partition coefficient (Wildman–Crippen LogP) is 8.24.